The fourth-order valence-corrected chi connectivity index (χ4v) is 5.96. The normalized spacial score (nSPS) is 25.5. The van der Waals surface area contributed by atoms with Crippen LogP contribution in [0.3, 0.4) is 0 Å². The lowest BCUT2D eigenvalue weighted by atomic mass is 9.61. The molecule has 1 aliphatic heterocycles. The number of pyridine rings is 1. The summed E-state index contributed by atoms with van der Waals surface area (Å²) in [6.45, 7) is 0.244. The molecule has 2 heterocycles. The smallest absolute Gasteiger partial charge is 0.251 e. The Morgan fingerprint density at radius 3 is 2.58 bits per heavy atom. The maximum Gasteiger partial charge on any atom is 0.251 e. The van der Waals surface area contributed by atoms with Crippen LogP contribution in [0.1, 0.15) is 58.8 Å². The second-order valence-corrected chi connectivity index (χ2v) is 8.67. The Morgan fingerprint density at radius 1 is 1.00 bits per heavy atom. The predicted octanol–water partition coefficient (Wildman–Crippen LogP) is 4.77. The third-order valence-corrected chi connectivity index (χ3v) is 7.25. The van der Waals surface area contributed by atoms with Gasteiger partial charge in [0.05, 0.1) is 6.04 Å². The molecule has 31 heavy (non-hydrogen) atoms. The molecule has 0 unspecified atom stereocenters. The van der Waals surface area contributed by atoms with E-state index in [0.29, 0.717) is 5.56 Å². The van der Waals surface area contributed by atoms with Gasteiger partial charge in [0.25, 0.3) is 5.91 Å². The number of carbonyl (C=O) groups excluding carboxylic acids is 1. The number of benzene rings is 2. The van der Waals surface area contributed by atoms with Gasteiger partial charge in [0, 0.05) is 23.4 Å². The molecule has 0 bridgehead atoms. The quantitative estimate of drug-likeness (QED) is 0.673. The number of hydrogen-bond donors (Lipinski definition) is 1. The van der Waals surface area contributed by atoms with Crippen molar-refractivity contribution in [2.24, 2.45) is 5.92 Å². The molecule has 2 aromatic carbocycles. The van der Waals surface area contributed by atoms with Gasteiger partial charge >= 0.3 is 0 Å². The Bertz CT molecular complexity index is 1130. The summed E-state index contributed by atoms with van der Waals surface area (Å²) < 4.78 is 11.5. The number of rotatable bonds is 3. The molecule has 1 fully saturated rings. The summed E-state index contributed by atoms with van der Waals surface area (Å²) in [5.41, 5.74) is 4.24. The highest BCUT2D eigenvalue weighted by molar-refractivity contribution is 5.94. The average molecular weight is 412 g/mol. The van der Waals surface area contributed by atoms with Gasteiger partial charge in [-0.3, -0.25) is 9.78 Å². The molecule has 1 amide bonds. The van der Waals surface area contributed by atoms with E-state index in [4.69, 9.17) is 9.47 Å². The van der Waals surface area contributed by atoms with Crippen molar-refractivity contribution < 1.29 is 14.3 Å². The molecule has 3 aromatic rings. The van der Waals surface area contributed by atoms with E-state index in [1.54, 1.807) is 24.5 Å². The molecule has 156 valence electrons. The molecule has 0 spiro atoms. The summed E-state index contributed by atoms with van der Waals surface area (Å²) in [7, 11) is 0. The van der Waals surface area contributed by atoms with Gasteiger partial charge in [-0.25, -0.2) is 0 Å². The number of amides is 1. The molecule has 3 aliphatic rings. The van der Waals surface area contributed by atoms with E-state index < -0.39 is 0 Å². The summed E-state index contributed by atoms with van der Waals surface area (Å²) >= 11 is 0. The van der Waals surface area contributed by atoms with E-state index in [-0.39, 0.29) is 30.1 Å². The third-order valence-electron chi connectivity index (χ3n) is 7.25. The van der Waals surface area contributed by atoms with Crippen molar-refractivity contribution in [2.45, 2.75) is 37.1 Å². The number of ether oxygens (including phenoxy) is 2. The lowest BCUT2D eigenvalue weighted by Crippen LogP contribution is -2.41. The zero-order valence-corrected chi connectivity index (χ0v) is 17.2. The fraction of sp³-hybridized carbons (Fsp3) is 0.308. The number of carbonyl (C=O) groups is 1. The SMILES string of the molecule is O=C(N[C@@H]1c2cc3c(cc2[C@@]2(c4ccccc4)CCCC[C@@H]12)OCO3)c1ccncc1. The van der Waals surface area contributed by atoms with E-state index in [0.717, 1.165) is 29.9 Å². The van der Waals surface area contributed by atoms with Crippen molar-refractivity contribution in [3.8, 4) is 11.5 Å². The minimum absolute atomic E-state index is 0.0644. The Labute approximate surface area is 181 Å². The van der Waals surface area contributed by atoms with Gasteiger partial charge in [0.15, 0.2) is 11.5 Å². The summed E-state index contributed by atoms with van der Waals surface area (Å²) in [6.07, 6.45) is 7.79. The highest BCUT2D eigenvalue weighted by Gasteiger charge is 2.55. The summed E-state index contributed by atoms with van der Waals surface area (Å²) in [4.78, 5) is 17.2. The Hall–Kier alpha value is -3.34. The number of nitrogens with one attached hydrogen (secondary N) is 1. The van der Waals surface area contributed by atoms with E-state index >= 15 is 0 Å². The van der Waals surface area contributed by atoms with Crippen LogP contribution in [0.2, 0.25) is 0 Å². The second-order valence-electron chi connectivity index (χ2n) is 8.67. The molecular weight excluding hydrogens is 388 g/mol. The molecule has 1 aromatic heterocycles. The first-order valence-corrected chi connectivity index (χ1v) is 11.0. The molecule has 6 rings (SSSR count). The molecule has 2 aliphatic carbocycles. The number of aromatic nitrogens is 1. The van der Waals surface area contributed by atoms with Crippen LogP contribution in [0, 0.1) is 5.92 Å². The minimum atomic E-state index is -0.133. The van der Waals surface area contributed by atoms with Crippen molar-refractivity contribution in [3.63, 3.8) is 0 Å². The highest BCUT2D eigenvalue weighted by atomic mass is 16.7. The van der Waals surface area contributed by atoms with Crippen LogP contribution < -0.4 is 14.8 Å². The fourth-order valence-electron chi connectivity index (χ4n) is 5.96. The van der Waals surface area contributed by atoms with Crippen LogP contribution in [0.5, 0.6) is 11.5 Å². The molecule has 1 saturated carbocycles. The lowest BCUT2D eigenvalue weighted by Gasteiger charge is -2.42. The molecule has 5 heteroatoms. The van der Waals surface area contributed by atoms with Crippen LogP contribution in [-0.4, -0.2) is 17.7 Å². The van der Waals surface area contributed by atoms with Crippen molar-refractivity contribution in [3.05, 3.63) is 89.2 Å². The molecule has 5 nitrogen and oxygen atoms in total. The van der Waals surface area contributed by atoms with Crippen molar-refractivity contribution in [2.75, 3.05) is 6.79 Å². The molecule has 3 atom stereocenters. The molecule has 0 saturated heterocycles. The Balaban J connectivity index is 1.51. The van der Waals surface area contributed by atoms with E-state index in [1.165, 1.54) is 24.0 Å². The predicted molar refractivity (Wildman–Crippen MR) is 116 cm³/mol. The first-order chi connectivity index (χ1) is 15.3. The van der Waals surface area contributed by atoms with Gasteiger partial charge in [-0.15, -0.1) is 0 Å². The lowest BCUT2D eigenvalue weighted by molar-refractivity contribution is 0.0901. The monoisotopic (exact) mass is 412 g/mol. The molecule has 1 N–H and O–H groups in total. The van der Waals surface area contributed by atoms with E-state index in [1.807, 2.05) is 0 Å². The second kappa shape index (κ2) is 7.12. The Kier molecular flexibility index (Phi) is 4.23. The van der Waals surface area contributed by atoms with Gasteiger partial charge < -0.3 is 14.8 Å². The van der Waals surface area contributed by atoms with Gasteiger partial charge in [0.1, 0.15) is 0 Å². The largest absolute Gasteiger partial charge is 0.454 e. The van der Waals surface area contributed by atoms with Gasteiger partial charge in [-0.2, -0.15) is 0 Å². The van der Waals surface area contributed by atoms with Crippen LogP contribution in [0.25, 0.3) is 0 Å². The summed E-state index contributed by atoms with van der Waals surface area (Å²) in [5, 5.41) is 3.37. The van der Waals surface area contributed by atoms with Gasteiger partial charge in [-0.05, 0) is 59.7 Å². The highest BCUT2D eigenvalue weighted by Crippen LogP contribution is 2.61. The Morgan fingerprint density at radius 2 is 1.77 bits per heavy atom. The van der Waals surface area contributed by atoms with Crippen LogP contribution in [0.4, 0.5) is 0 Å². The maximum atomic E-state index is 13.2. The molecule has 0 radical (unpaired) electrons. The van der Waals surface area contributed by atoms with Gasteiger partial charge in [-0.1, -0.05) is 43.2 Å². The van der Waals surface area contributed by atoms with Crippen molar-refractivity contribution in [1.82, 2.24) is 10.3 Å². The standard InChI is InChI=1S/C26H24N2O3/c29-25(17-9-12-27-13-10-17)28-24-19-14-22-23(31-16-30-22)15-21(19)26(11-5-4-8-20(24)26)18-6-2-1-3-7-18/h1-3,6-7,9-10,12-15,20,24H,4-5,8,11,16H2,(H,28,29)/t20-,24+,26+/m0/s1. The number of hydrogen-bond acceptors (Lipinski definition) is 4. The zero-order valence-electron chi connectivity index (χ0n) is 17.2. The number of fused-ring (bicyclic) bond motifs is 4. The van der Waals surface area contributed by atoms with Crippen LogP contribution in [0.15, 0.2) is 67.0 Å². The molecular formula is C26H24N2O3. The zero-order chi connectivity index (χ0) is 20.8. The summed E-state index contributed by atoms with van der Waals surface area (Å²) in [6, 6.07) is 18.5. The number of nitrogens with zero attached hydrogens (tertiary/aromatic N) is 1. The van der Waals surface area contributed by atoms with Crippen LogP contribution >= 0.6 is 0 Å². The van der Waals surface area contributed by atoms with E-state index in [9.17, 15) is 4.79 Å². The van der Waals surface area contributed by atoms with Crippen molar-refractivity contribution in [1.29, 1.82) is 0 Å². The van der Waals surface area contributed by atoms with Crippen molar-refractivity contribution >= 4 is 5.91 Å². The topological polar surface area (TPSA) is 60.5 Å². The average Bonchev–Trinajstić information content (AvgIpc) is 3.40. The third kappa shape index (κ3) is 2.76. The van der Waals surface area contributed by atoms with Crippen LogP contribution in [-0.2, 0) is 5.41 Å². The van der Waals surface area contributed by atoms with E-state index in [2.05, 4.69) is 52.8 Å². The van der Waals surface area contributed by atoms with Gasteiger partial charge in [0.2, 0.25) is 6.79 Å². The summed E-state index contributed by atoms with van der Waals surface area (Å²) in [5.74, 6) is 1.79. The minimum Gasteiger partial charge on any atom is -0.454 e. The first kappa shape index (κ1) is 18.4. The maximum absolute atomic E-state index is 13.2. The first-order valence-electron chi connectivity index (χ1n) is 11.0.